The van der Waals surface area contributed by atoms with Gasteiger partial charge in [-0.05, 0) is 64.3 Å². The number of fused-ring (bicyclic) bond motifs is 1. The zero-order valence-electron chi connectivity index (χ0n) is 10.9. The van der Waals surface area contributed by atoms with E-state index in [0.717, 1.165) is 5.56 Å². The van der Waals surface area contributed by atoms with Crippen LogP contribution in [0.4, 0.5) is 11.4 Å². The van der Waals surface area contributed by atoms with Crippen molar-refractivity contribution in [3.8, 4) is 0 Å². The van der Waals surface area contributed by atoms with Gasteiger partial charge in [0.25, 0.3) is 10.0 Å². The van der Waals surface area contributed by atoms with E-state index in [1.807, 2.05) is 6.07 Å². The summed E-state index contributed by atoms with van der Waals surface area (Å²) >= 11 is 9.18. The Balaban J connectivity index is 2.07. The Hall–Kier alpha value is -1.24. The molecule has 0 saturated carbocycles. The molecular weight excluding hydrogens is 376 g/mol. The molecule has 1 aliphatic heterocycles. The van der Waals surface area contributed by atoms with Crippen LogP contribution < -0.4 is 10.0 Å². The first kappa shape index (κ1) is 14.7. The summed E-state index contributed by atoms with van der Waals surface area (Å²) in [6.45, 7) is 0.418. The molecular formula is C14H12BrClN2O2S. The normalized spacial score (nSPS) is 14.3. The fraction of sp³-hybridized carbons (Fsp3) is 0.143. The van der Waals surface area contributed by atoms with Gasteiger partial charge in [-0.3, -0.25) is 4.31 Å². The van der Waals surface area contributed by atoms with Gasteiger partial charge in [0.05, 0.1) is 15.6 Å². The van der Waals surface area contributed by atoms with Gasteiger partial charge < -0.3 is 5.73 Å². The molecule has 2 N–H and O–H groups in total. The average Bonchev–Trinajstić information content (AvgIpc) is 2.85. The molecule has 0 aromatic heterocycles. The predicted octanol–water partition coefficient (Wildman–Crippen LogP) is 3.44. The maximum absolute atomic E-state index is 12.8. The van der Waals surface area contributed by atoms with Gasteiger partial charge in [0.15, 0.2) is 0 Å². The van der Waals surface area contributed by atoms with Crippen LogP contribution in [-0.4, -0.2) is 15.0 Å². The molecule has 0 amide bonds. The molecule has 1 aliphatic rings. The zero-order chi connectivity index (χ0) is 15.2. The highest BCUT2D eigenvalue weighted by Gasteiger charge is 2.31. The second-order valence-electron chi connectivity index (χ2n) is 4.79. The lowest BCUT2D eigenvalue weighted by atomic mass is 10.1. The topological polar surface area (TPSA) is 63.4 Å². The van der Waals surface area contributed by atoms with Gasteiger partial charge in [-0.15, -0.1) is 0 Å². The third-order valence-corrected chi connectivity index (χ3v) is 6.46. The zero-order valence-corrected chi connectivity index (χ0v) is 14.0. The molecule has 0 bridgehead atoms. The number of rotatable bonds is 2. The van der Waals surface area contributed by atoms with E-state index in [2.05, 4.69) is 15.9 Å². The molecule has 4 nitrogen and oxygen atoms in total. The number of hydrogen-bond acceptors (Lipinski definition) is 3. The number of nitrogens with zero attached hydrogens (tertiary/aromatic N) is 1. The highest BCUT2D eigenvalue weighted by molar-refractivity contribution is 9.10. The number of halogens is 2. The summed E-state index contributed by atoms with van der Waals surface area (Å²) in [5.74, 6) is 0. The number of benzene rings is 2. The lowest BCUT2D eigenvalue weighted by molar-refractivity contribution is 0.592. The minimum Gasteiger partial charge on any atom is -0.399 e. The number of nitrogen functional groups attached to an aromatic ring is 1. The van der Waals surface area contributed by atoms with Gasteiger partial charge in [-0.25, -0.2) is 8.42 Å². The molecule has 0 atom stereocenters. The van der Waals surface area contributed by atoms with Crippen LogP contribution in [-0.2, 0) is 16.4 Å². The first-order valence-corrected chi connectivity index (χ1v) is 8.87. The molecule has 1 heterocycles. The van der Waals surface area contributed by atoms with Gasteiger partial charge in [-0.1, -0.05) is 11.6 Å². The van der Waals surface area contributed by atoms with Gasteiger partial charge in [-0.2, -0.15) is 0 Å². The Bertz CT molecular complexity index is 824. The van der Waals surface area contributed by atoms with E-state index in [1.54, 1.807) is 18.2 Å². The van der Waals surface area contributed by atoms with Crippen molar-refractivity contribution in [1.82, 2.24) is 0 Å². The number of nitrogens with two attached hydrogens (primary N) is 1. The fourth-order valence-corrected chi connectivity index (χ4v) is 4.58. The summed E-state index contributed by atoms with van der Waals surface area (Å²) in [7, 11) is -3.60. The molecule has 0 radical (unpaired) electrons. The Kier molecular flexibility index (Phi) is 3.63. The summed E-state index contributed by atoms with van der Waals surface area (Å²) in [5.41, 5.74) is 8.03. The summed E-state index contributed by atoms with van der Waals surface area (Å²) in [4.78, 5) is 0.212. The van der Waals surface area contributed by atoms with Gasteiger partial charge in [0.1, 0.15) is 0 Å². The van der Waals surface area contributed by atoms with Crippen LogP contribution in [0.5, 0.6) is 0 Å². The minimum absolute atomic E-state index is 0.212. The van der Waals surface area contributed by atoms with Crippen molar-refractivity contribution in [3.05, 3.63) is 51.5 Å². The van der Waals surface area contributed by atoms with E-state index in [-0.39, 0.29) is 4.90 Å². The number of anilines is 2. The molecule has 3 rings (SSSR count). The predicted molar refractivity (Wildman–Crippen MR) is 88.2 cm³/mol. The van der Waals surface area contributed by atoms with Crippen LogP contribution in [0.25, 0.3) is 0 Å². The second-order valence-corrected chi connectivity index (χ2v) is 7.92. The first-order chi connectivity index (χ1) is 9.89. The third kappa shape index (κ3) is 2.52. The summed E-state index contributed by atoms with van der Waals surface area (Å²) in [6.07, 6.45) is 0.661. The Morgan fingerprint density at radius 1 is 1.19 bits per heavy atom. The summed E-state index contributed by atoms with van der Waals surface area (Å²) in [6, 6.07) is 9.89. The van der Waals surface area contributed by atoms with Crippen molar-refractivity contribution in [2.24, 2.45) is 0 Å². The van der Waals surface area contributed by atoms with E-state index in [0.29, 0.717) is 33.8 Å². The van der Waals surface area contributed by atoms with Crippen molar-refractivity contribution in [3.63, 3.8) is 0 Å². The van der Waals surface area contributed by atoms with Crippen molar-refractivity contribution >= 4 is 48.9 Å². The van der Waals surface area contributed by atoms with Crippen molar-refractivity contribution in [2.75, 3.05) is 16.6 Å². The smallest absolute Gasteiger partial charge is 0.264 e. The first-order valence-electron chi connectivity index (χ1n) is 6.26. The van der Waals surface area contributed by atoms with Crippen LogP contribution in [0.3, 0.4) is 0 Å². The molecule has 7 heteroatoms. The van der Waals surface area contributed by atoms with Gasteiger partial charge in [0.2, 0.25) is 0 Å². The minimum atomic E-state index is -3.60. The van der Waals surface area contributed by atoms with Crippen molar-refractivity contribution in [2.45, 2.75) is 11.3 Å². The van der Waals surface area contributed by atoms with Gasteiger partial charge >= 0.3 is 0 Å². The van der Waals surface area contributed by atoms with E-state index in [9.17, 15) is 8.42 Å². The Labute approximate surface area is 136 Å². The Morgan fingerprint density at radius 3 is 2.67 bits per heavy atom. The second kappa shape index (κ2) is 5.19. The largest absolute Gasteiger partial charge is 0.399 e. The lowest BCUT2D eigenvalue weighted by Gasteiger charge is -2.20. The van der Waals surface area contributed by atoms with Crippen LogP contribution in [0.1, 0.15) is 5.56 Å². The summed E-state index contributed by atoms with van der Waals surface area (Å²) in [5, 5.41) is 0.476. The van der Waals surface area contributed by atoms with Crippen molar-refractivity contribution < 1.29 is 8.42 Å². The molecule has 0 unspecified atom stereocenters. The highest BCUT2D eigenvalue weighted by atomic mass is 79.9. The number of hydrogen-bond donors (Lipinski definition) is 1. The Morgan fingerprint density at radius 2 is 1.95 bits per heavy atom. The molecule has 21 heavy (non-hydrogen) atoms. The SMILES string of the molecule is Nc1ccc2c(c1)CCN2S(=O)(=O)c1ccc(Cl)c(Br)c1. The highest BCUT2D eigenvalue weighted by Crippen LogP contribution is 2.35. The maximum atomic E-state index is 12.8. The fourth-order valence-electron chi connectivity index (χ4n) is 2.41. The standard InChI is InChI=1S/C14H12BrClN2O2S/c15-12-8-11(2-3-13(12)16)21(19,20)18-6-5-9-7-10(17)1-4-14(9)18/h1-4,7-8H,5-6,17H2. The summed E-state index contributed by atoms with van der Waals surface area (Å²) < 4.78 is 27.5. The molecule has 0 spiro atoms. The molecule has 0 saturated heterocycles. The molecule has 0 aliphatic carbocycles. The lowest BCUT2D eigenvalue weighted by Crippen LogP contribution is -2.29. The molecule has 110 valence electrons. The monoisotopic (exact) mass is 386 g/mol. The number of sulfonamides is 1. The van der Waals surface area contributed by atoms with Crippen LogP contribution in [0, 0.1) is 0 Å². The average molecular weight is 388 g/mol. The quantitative estimate of drug-likeness (QED) is 0.803. The maximum Gasteiger partial charge on any atom is 0.264 e. The van der Waals surface area contributed by atoms with Crippen molar-refractivity contribution in [1.29, 1.82) is 0 Å². The van der Waals surface area contributed by atoms with Crippen LogP contribution in [0.15, 0.2) is 45.8 Å². The van der Waals surface area contributed by atoms with E-state index in [1.165, 1.54) is 16.4 Å². The van der Waals surface area contributed by atoms with E-state index >= 15 is 0 Å². The molecule has 2 aromatic carbocycles. The third-order valence-electron chi connectivity index (χ3n) is 3.44. The van der Waals surface area contributed by atoms with Crippen LogP contribution >= 0.6 is 27.5 Å². The molecule has 2 aromatic rings. The van der Waals surface area contributed by atoms with Crippen LogP contribution in [0.2, 0.25) is 5.02 Å². The van der Waals surface area contributed by atoms with E-state index < -0.39 is 10.0 Å². The van der Waals surface area contributed by atoms with Gasteiger partial charge in [0, 0.05) is 16.7 Å². The molecule has 0 fully saturated rings. The van der Waals surface area contributed by atoms with E-state index in [4.69, 9.17) is 17.3 Å².